The van der Waals surface area contributed by atoms with Gasteiger partial charge >= 0.3 is 11.7 Å². The van der Waals surface area contributed by atoms with Crippen molar-refractivity contribution in [2.75, 3.05) is 0 Å². The first-order chi connectivity index (χ1) is 9.49. The lowest BCUT2D eigenvalue weighted by Gasteiger charge is -2.05. The SMILES string of the molecule is O=C(O)c1cccc(Sc2c(Br)cncc2[N+](=O)[O-])c1. The minimum atomic E-state index is -1.05. The number of benzene rings is 1. The van der Waals surface area contributed by atoms with Gasteiger partial charge in [0.25, 0.3) is 0 Å². The second-order valence-corrected chi connectivity index (χ2v) is 5.60. The van der Waals surface area contributed by atoms with Gasteiger partial charge in [0.1, 0.15) is 11.1 Å². The van der Waals surface area contributed by atoms with E-state index in [0.29, 0.717) is 14.3 Å². The Kier molecular flexibility index (Phi) is 4.35. The third-order valence-electron chi connectivity index (χ3n) is 2.33. The third kappa shape index (κ3) is 3.14. The molecule has 0 saturated heterocycles. The first-order valence-electron chi connectivity index (χ1n) is 5.28. The molecule has 102 valence electrons. The molecule has 1 aromatic carbocycles. The number of nitrogens with zero attached hydrogens (tertiary/aromatic N) is 2. The smallest absolute Gasteiger partial charge is 0.335 e. The van der Waals surface area contributed by atoms with Crippen molar-refractivity contribution in [3.8, 4) is 0 Å². The van der Waals surface area contributed by atoms with Crippen molar-refractivity contribution in [1.29, 1.82) is 0 Å². The zero-order valence-corrected chi connectivity index (χ0v) is 12.2. The highest BCUT2D eigenvalue weighted by molar-refractivity contribution is 9.10. The van der Waals surface area contributed by atoms with Crippen LogP contribution in [0.4, 0.5) is 5.69 Å². The minimum Gasteiger partial charge on any atom is -0.478 e. The summed E-state index contributed by atoms with van der Waals surface area (Å²) in [6, 6.07) is 6.20. The first kappa shape index (κ1) is 14.5. The van der Waals surface area contributed by atoms with Gasteiger partial charge in [-0.2, -0.15) is 0 Å². The normalized spacial score (nSPS) is 10.2. The van der Waals surface area contributed by atoms with Gasteiger partial charge in [0, 0.05) is 11.1 Å². The topological polar surface area (TPSA) is 93.3 Å². The van der Waals surface area contributed by atoms with Crippen molar-refractivity contribution in [1.82, 2.24) is 4.98 Å². The van der Waals surface area contributed by atoms with E-state index in [-0.39, 0.29) is 11.3 Å². The standard InChI is InChI=1S/C12H7BrN2O4S/c13-9-5-14-6-10(15(18)19)11(9)20-8-3-1-2-7(4-8)12(16)17/h1-6H,(H,16,17). The van der Waals surface area contributed by atoms with Gasteiger partial charge in [-0.05, 0) is 34.1 Å². The number of carboxylic acids is 1. The van der Waals surface area contributed by atoms with E-state index in [0.717, 1.165) is 18.0 Å². The highest BCUT2D eigenvalue weighted by Crippen LogP contribution is 2.39. The molecule has 6 nitrogen and oxygen atoms in total. The van der Waals surface area contributed by atoms with Gasteiger partial charge in [-0.25, -0.2) is 4.79 Å². The van der Waals surface area contributed by atoms with E-state index in [1.165, 1.54) is 18.3 Å². The minimum absolute atomic E-state index is 0.128. The number of aromatic nitrogens is 1. The second-order valence-electron chi connectivity index (χ2n) is 3.66. The predicted octanol–water partition coefficient (Wildman–Crippen LogP) is 3.60. The summed E-state index contributed by atoms with van der Waals surface area (Å²) >= 11 is 4.33. The third-order valence-corrected chi connectivity index (χ3v) is 4.32. The molecule has 1 heterocycles. The number of rotatable bonds is 4. The van der Waals surface area contributed by atoms with Crippen LogP contribution in [0.25, 0.3) is 0 Å². The van der Waals surface area contributed by atoms with E-state index in [1.54, 1.807) is 12.1 Å². The van der Waals surface area contributed by atoms with E-state index in [2.05, 4.69) is 20.9 Å². The van der Waals surface area contributed by atoms with Crippen LogP contribution in [-0.2, 0) is 0 Å². The van der Waals surface area contributed by atoms with Crippen LogP contribution in [0.15, 0.2) is 50.9 Å². The van der Waals surface area contributed by atoms with E-state index < -0.39 is 10.9 Å². The molecule has 8 heteroatoms. The molecule has 2 aromatic rings. The van der Waals surface area contributed by atoms with Crippen LogP contribution in [0.5, 0.6) is 0 Å². The van der Waals surface area contributed by atoms with Crippen molar-refractivity contribution >= 4 is 39.3 Å². The van der Waals surface area contributed by atoms with Crippen molar-refractivity contribution in [3.05, 3.63) is 56.8 Å². The van der Waals surface area contributed by atoms with E-state index in [1.807, 2.05) is 0 Å². The lowest BCUT2D eigenvalue weighted by Crippen LogP contribution is -1.96. The van der Waals surface area contributed by atoms with Gasteiger partial charge in [0.15, 0.2) is 0 Å². The molecular formula is C12H7BrN2O4S. The second kappa shape index (κ2) is 6.02. The number of pyridine rings is 1. The highest BCUT2D eigenvalue weighted by Gasteiger charge is 2.18. The molecule has 0 amide bonds. The fraction of sp³-hybridized carbons (Fsp3) is 0. The Balaban J connectivity index is 2.42. The maximum atomic E-state index is 11.0. The fourth-order valence-corrected chi connectivity index (χ4v) is 2.97. The van der Waals surface area contributed by atoms with Gasteiger partial charge in [0.05, 0.1) is 15.0 Å². The van der Waals surface area contributed by atoms with E-state index in [9.17, 15) is 14.9 Å². The Morgan fingerprint density at radius 2 is 2.15 bits per heavy atom. The summed E-state index contributed by atoms with van der Waals surface area (Å²) < 4.78 is 0.484. The summed E-state index contributed by atoms with van der Waals surface area (Å²) in [5.74, 6) is -1.05. The van der Waals surface area contributed by atoms with Crippen LogP contribution >= 0.6 is 27.7 Å². The van der Waals surface area contributed by atoms with Crippen molar-refractivity contribution < 1.29 is 14.8 Å². The number of nitro groups is 1. The monoisotopic (exact) mass is 354 g/mol. The lowest BCUT2D eigenvalue weighted by molar-refractivity contribution is -0.388. The number of hydrogen-bond donors (Lipinski definition) is 1. The maximum Gasteiger partial charge on any atom is 0.335 e. The molecule has 20 heavy (non-hydrogen) atoms. The van der Waals surface area contributed by atoms with Gasteiger partial charge in [-0.3, -0.25) is 15.1 Å². The van der Waals surface area contributed by atoms with Crippen LogP contribution in [-0.4, -0.2) is 21.0 Å². The van der Waals surface area contributed by atoms with Crippen LogP contribution in [0.3, 0.4) is 0 Å². The Hall–Kier alpha value is -1.93. The Bertz CT molecular complexity index is 693. The molecule has 0 fully saturated rings. The van der Waals surface area contributed by atoms with Gasteiger partial charge in [-0.1, -0.05) is 17.8 Å². The Morgan fingerprint density at radius 1 is 1.40 bits per heavy atom. The summed E-state index contributed by atoms with van der Waals surface area (Å²) in [7, 11) is 0. The summed E-state index contributed by atoms with van der Waals surface area (Å²) in [5.41, 5.74) is -0.00654. The van der Waals surface area contributed by atoms with Gasteiger partial charge in [0.2, 0.25) is 0 Å². The summed E-state index contributed by atoms with van der Waals surface area (Å²) in [4.78, 5) is 26.1. The zero-order chi connectivity index (χ0) is 14.7. The highest BCUT2D eigenvalue weighted by atomic mass is 79.9. The molecule has 0 bridgehead atoms. The number of aromatic carboxylic acids is 1. The van der Waals surface area contributed by atoms with Crippen molar-refractivity contribution in [2.45, 2.75) is 9.79 Å². The molecule has 2 rings (SSSR count). The molecule has 0 unspecified atom stereocenters. The van der Waals surface area contributed by atoms with Gasteiger partial charge < -0.3 is 5.11 Å². The average Bonchev–Trinajstić information content (AvgIpc) is 2.41. The maximum absolute atomic E-state index is 11.0. The van der Waals surface area contributed by atoms with E-state index in [4.69, 9.17) is 5.11 Å². The molecule has 0 aliphatic carbocycles. The first-order valence-corrected chi connectivity index (χ1v) is 6.89. The fourth-order valence-electron chi connectivity index (χ4n) is 1.45. The molecule has 0 radical (unpaired) electrons. The number of carboxylic acid groups (broad SMARTS) is 1. The number of carbonyl (C=O) groups is 1. The Morgan fingerprint density at radius 3 is 2.80 bits per heavy atom. The van der Waals surface area contributed by atoms with Crippen LogP contribution in [0.1, 0.15) is 10.4 Å². The van der Waals surface area contributed by atoms with Crippen LogP contribution in [0, 0.1) is 10.1 Å². The summed E-state index contributed by atoms with van der Waals surface area (Å²) in [6.45, 7) is 0. The molecule has 1 aromatic heterocycles. The summed E-state index contributed by atoms with van der Waals surface area (Å²) in [6.07, 6.45) is 2.62. The number of hydrogen-bond acceptors (Lipinski definition) is 5. The zero-order valence-electron chi connectivity index (χ0n) is 9.82. The van der Waals surface area contributed by atoms with Gasteiger partial charge in [-0.15, -0.1) is 0 Å². The number of halogens is 1. The lowest BCUT2D eigenvalue weighted by atomic mass is 10.2. The molecule has 0 spiro atoms. The van der Waals surface area contributed by atoms with E-state index >= 15 is 0 Å². The predicted molar refractivity (Wildman–Crippen MR) is 76.1 cm³/mol. The van der Waals surface area contributed by atoms with Crippen LogP contribution in [0.2, 0.25) is 0 Å². The molecule has 0 aliphatic heterocycles. The van der Waals surface area contributed by atoms with Crippen molar-refractivity contribution in [2.24, 2.45) is 0 Å². The Labute approximate surface area is 126 Å². The molecule has 0 saturated carbocycles. The summed E-state index contributed by atoms with van der Waals surface area (Å²) in [5, 5.41) is 19.9. The molecular weight excluding hydrogens is 348 g/mol. The molecule has 1 N–H and O–H groups in total. The van der Waals surface area contributed by atoms with Crippen LogP contribution < -0.4 is 0 Å². The largest absolute Gasteiger partial charge is 0.478 e. The van der Waals surface area contributed by atoms with Crippen molar-refractivity contribution in [3.63, 3.8) is 0 Å². The molecule has 0 aliphatic rings. The quantitative estimate of drug-likeness (QED) is 0.665. The average molecular weight is 355 g/mol. The molecule has 0 atom stereocenters.